The van der Waals surface area contributed by atoms with Crippen molar-refractivity contribution in [3.63, 3.8) is 0 Å². The van der Waals surface area contributed by atoms with Gasteiger partial charge in [0.1, 0.15) is 11.9 Å². The minimum absolute atomic E-state index is 0.215. The molecule has 1 aliphatic heterocycles. The SMILES string of the molecule is COC(=O)[C@H](CN)N1CCN(Cc2ccc(F)cc2)CC1. The molecule has 1 aromatic carbocycles. The van der Waals surface area contributed by atoms with Gasteiger partial charge in [0.2, 0.25) is 0 Å². The van der Waals surface area contributed by atoms with E-state index in [4.69, 9.17) is 10.5 Å². The van der Waals surface area contributed by atoms with Crippen LogP contribution in [-0.4, -0.2) is 61.6 Å². The molecule has 0 aliphatic carbocycles. The van der Waals surface area contributed by atoms with Crippen LogP contribution < -0.4 is 5.73 Å². The van der Waals surface area contributed by atoms with Crippen LogP contribution in [0.15, 0.2) is 24.3 Å². The Kier molecular flexibility index (Phi) is 5.67. The maximum Gasteiger partial charge on any atom is 0.324 e. The van der Waals surface area contributed by atoms with Crippen LogP contribution >= 0.6 is 0 Å². The van der Waals surface area contributed by atoms with Gasteiger partial charge in [0.05, 0.1) is 7.11 Å². The highest BCUT2D eigenvalue weighted by atomic mass is 19.1. The molecule has 0 radical (unpaired) electrons. The summed E-state index contributed by atoms with van der Waals surface area (Å²) in [5.41, 5.74) is 6.75. The van der Waals surface area contributed by atoms with Gasteiger partial charge in [-0.25, -0.2) is 4.39 Å². The van der Waals surface area contributed by atoms with E-state index >= 15 is 0 Å². The third kappa shape index (κ3) is 4.23. The summed E-state index contributed by atoms with van der Waals surface area (Å²) in [4.78, 5) is 16.0. The number of halogens is 1. The van der Waals surface area contributed by atoms with Gasteiger partial charge >= 0.3 is 5.97 Å². The monoisotopic (exact) mass is 295 g/mol. The molecule has 1 heterocycles. The Morgan fingerprint density at radius 2 is 1.90 bits per heavy atom. The second kappa shape index (κ2) is 7.49. The van der Waals surface area contributed by atoms with Gasteiger partial charge in [-0.1, -0.05) is 12.1 Å². The first-order valence-electron chi connectivity index (χ1n) is 7.12. The first kappa shape index (κ1) is 15.9. The van der Waals surface area contributed by atoms with Crippen molar-refractivity contribution in [1.29, 1.82) is 0 Å². The quantitative estimate of drug-likeness (QED) is 0.799. The number of esters is 1. The van der Waals surface area contributed by atoms with Crippen LogP contribution in [0.1, 0.15) is 5.56 Å². The maximum absolute atomic E-state index is 12.9. The van der Waals surface area contributed by atoms with E-state index in [-0.39, 0.29) is 24.4 Å². The number of nitrogens with two attached hydrogens (primary N) is 1. The lowest BCUT2D eigenvalue weighted by Gasteiger charge is -2.37. The first-order chi connectivity index (χ1) is 10.1. The summed E-state index contributed by atoms with van der Waals surface area (Å²) >= 11 is 0. The number of nitrogens with zero attached hydrogens (tertiary/aromatic N) is 2. The van der Waals surface area contributed by atoms with Gasteiger partial charge in [0, 0.05) is 39.3 Å². The summed E-state index contributed by atoms with van der Waals surface area (Å²) < 4.78 is 17.7. The van der Waals surface area contributed by atoms with E-state index in [1.165, 1.54) is 19.2 Å². The first-order valence-corrected chi connectivity index (χ1v) is 7.12. The van der Waals surface area contributed by atoms with Crippen LogP contribution in [0.4, 0.5) is 4.39 Å². The van der Waals surface area contributed by atoms with Crippen LogP contribution in [0.3, 0.4) is 0 Å². The molecule has 2 rings (SSSR count). The largest absolute Gasteiger partial charge is 0.468 e. The normalized spacial score (nSPS) is 18.4. The van der Waals surface area contributed by atoms with Gasteiger partial charge in [0.15, 0.2) is 0 Å². The Morgan fingerprint density at radius 3 is 2.43 bits per heavy atom. The molecule has 2 N–H and O–H groups in total. The molecule has 1 aliphatic rings. The number of hydrogen-bond acceptors (Lipinski definition) is 5. The molecule has 0 amide bonds. The molecule has 1 fully saturated rings. The van der Waals surface area contributed by atoms with Gasteiger partial charge < -0.3 is 10.5 Å². The van der Waals surface area contributed by atoms with E-state index in [2.05, 4.69) is 9.80 Å². The summed E-state index contributed by atoms with van der Waals surface area (Å²) in [5, 5.41) is 0. The number of carbonyl (C=O) groups is 1. The molecule has 0 unspecified atom stereocenters. The number of rotatable bonds is 5. The molecule has 6 heteroatoms. The molecular weight excluding hydrogens is 273 g/mol. The van der Waals surface area contributed by atoms with E-state index in [0.29, 0.717) is 0 Å². The molecule has 0 saturated carbocycles. The molecule has 1 saturated heterocycles. The molecule has 21 heavy (non-hydrogen) atoms. The molecule has 0 bridgehead atoms. The Balaban J connectivity index is 1.85. The number of carbonyl (C=O) groups excluding carboxylic acids is 1. The lowest BCUT2D eigenvalue weighted by Crippen LogP contribution is -2.55. The Labute approximate surface area is 124 Å². The average Bonchev–Trinajstić information content (AvgIpc) is 2.51. The third-order valence-corrected chi connectivity index (χ3v) is 3.86. The smallest absolute Gasteiger partial charge is 0.324 e. The maximum atomic E-state index is 12.9. The predicted molar refractivity (Wildman–Crippen MR) is 78.1 cm³/mol. The summed E-state index contributed by atoms with van der Waals surface area (Å²) in [5.74, 6) is -0.489. The molecule has 116 valence electrons. The van der Waals surface area contributed by atoms with E-state index < -0.39 is 0 Å². The highest BCUT2D eigenvalue weighted by molar-refractivity contribution is 5.75. The summed E-state index contributed by atoms with van der Waals surface area (Å²) in [7, 11) is 1.38. The van der Waals surface area contributed by atoms with Crippen molar-refractivity contribution in [1.82, 2.24) is 9.80 Å². The highest BCUT2D eigenvalue weighted by Gasteiger charge is 2.28. The third-order valence-electron chi connectivity index (χ3n) is 3.86. The summed E-state index contributed by atoms with van der Waals surface area (Å²) in [6, 6.07) is 6.21. The minimum atomic E-state index is -0.358. The van der Waals surface area contributed by atoms with Crippen LogP contribution in [0, 0.1) is 5.82 Å². The number of piperazine rings is 1. The number of methoxy groups -OCH3 is 1. The fraction of sp³-hybridized carbons (Fsp3) is 0.533. The van der Waals surface area contributed by atoms with Crippen molar-refractivity contribution < 1.29 is 13.9 Å². The van der Waals surface area contributed by atoms with Crippen molar-refractivity contribution in [2.45, 2.75) is 12.6 Å². The lowest BCUT2D eigenvalue weighted by molar-refractivity contribution is -0.147. The predicted octanol–water partition coefficient (Wildman–Crippen LogP) is 0.444. The Morgan fingerprint density at radius 1 is 1.29 bits per heavy atom. The molecule has 1 atom stereocenters. The van der Waals surface area contributed by atoms with E-state index in [1.54, 1.807) is 12.1 Å². The van der Waals surface area contributed by atoms with Crippen LogP contribution in [0.25, 0.3) is 0 Å². The number of hydrogen-bond donors (Lipinski definition) is 1. The van der Waals surface area contributed by atoms with Crippen LogP contribution in [0.2, 0.25) is 0 Å². The molecular formula is C15H22FN3O2. The zero-order valence-corrected chi connectivity index (χ0v) is 12.3. The Bertz CT molecular complexity index is 458. The standard InChI is InChI=1S/C15H22FN3O2/c1-21-15(20)14(10-17)19-8-6-18(7-9-19)11-12-2-4-13(16)5-3-12/h2-5,14H,6-11,17H2,1H3/t14-/m0/s1. The molecule has 0 spiro atoms. The fourth-order valence-corrected chi connectivity index (χ4v) is 2.61. The number of benzene rings is 1. The zero-order chi connectivity index (χ0) is 15.2. The Hall–Kier alpha value is -1.50. The minimum Gasteiger partial charge on any atom is -0.468 e. The molecule has 0 aromatic heterocycles. The van der Waals surface area contributed by atoms with Gasteiger partial charge in [-0.3, -0.25) is 14.6 Å². The molecule has 1 aromatic rings. The van der Waals surface area contributed by atoms with Crippen molar-refractivity contribution in [2.24, 2.45) is 5.73 Å². The van der Waals surface area contributed by atoms with Gasteiger partial charge in [-0.05, 0) is 17.7 Å². The van der Waals surface area contributed by atoms with Crippen LogP contribution in [0.5, 0.6) is 0 Å². The second-order valence-electron chi connectivity index (χ2n) is 5.21. The van der Waals surface area contributed by atoms with Crippen molar-refractivity contribution in [3.05, 3.63) is 35.6 Å². The fourth-order valence-electron chi connectivity index (χ4n) is 2.61. The lowest BCUT2D eigenvalue weighted by atomic mass is 10.1. The van der Waals surface area contributed by atoms with Gasteiger partial charge in [-0.2, -0.15) is 0 Å². The van der Waals surface area contributed by atoms with Gasteiger partial charge in [0.25, 0.3) is 0 Å². The summed E-state index contributed by atoms with van der Waals surface area (Å²) in [6.07, 6.45) is 0. The van der Waals surface area contributed by atoms with Crippen LogP contribution in [-0.2, 0) is 16.1 Å². The average molecular weight is 295 g/mol. The zero-order valence-electron chi connectivity index (χ0n) is 12.3. The summed E-state index contributed by atoms with van der Waals surface area (Å²) in [6.45, 7) is 4.32. The second-order valence-corrected chi connectivity index (χ2v) is 5.21. The molecule has 5 nitrogen and oxygen atoms in total. The van der Waals surface area contributed by atoms with E-state index in [1.807, 2.05) is 0 Å². The van der Waals surface area contributed by atoms with Crippen molar-refractivity contribution in [2.75, 3.05) is 39.8 Å². The van der Waals surface area contributed by atoms with Crippen molar-refractivity contribution >= 4 is 5.97 Å². The number of ether oxygens (including phenoxy) is 1. The topological polar surface area (TPSA) is 58.8 Å². The highest BCUT2D eigenvalue weighted by Crippen LogP contribution is 2.11. The van der Waals surface area contributed by atoms with Gasteiger partial charge in [-0.15, -0.1) is 0 Å². The van der Waals surface area contributed by atoms with Crippen molar-refractivity contribution in [3.8, 4) is 0 Å². The van der Waals surface area contributed by atoms with E-state index in [0.717, 1.165) is 38.3 Å². The van der Waals surface area contributed by atoms with E-state index in [9.17, 15) is 9.18 Å².